The van der Waals surface area contributed by atoms with E-state index in [1.54, 1.807) is 0 Å². The topological polar surface area (TPSA) is 53.0 Å². The Labute approximate surface area is 86.9 Å². The fourth-order valence-corrected chi connectivity index (χ4v) is 1.80. The maximum Gasteiger partial charge on any atom is 0.0684 e. The number of rotatable bonds is 4. The number of likely N-dealkylation sites (tertiary alicyclic amines) is 1. The molecule has 0 amide bonds. The van der Waals surface area contributed by atoms with Crippen LogP contribution in [0.5, 0.6) is 0 Å². The van der Waals surface area contributed by atoms with Crippen LogP contribution in [0.3, 0.4) is 0 Å². The first-order valence-corrected chi connectivity index (χ1v) is 5.41. The van der Waals surface area contributed by atoms with E-state index in [9.17, 15) is 0 Å². The first-order chi connectivity index (χ1) is 6.57. The van der Waals surface area contributed by atoms with Gasteiger partial charge in [-0.15, -0.1) is 0 Å². The smallest absolute Gasteiger partial charge is 0.0684 e. The third-order valence-corrected chi connectivity index (χ3v) is 3.06. The number of nitriles is 1. The maximum atomic E-state index is 8.88. The van der Waals surface area contributed by atoms with E-state index in [2.05, 4.69) is 11.0 Å². The molecule has 1 rings (SSSR count). The van der Waals surface area contributed by atoms with E-state index >= 15 is 0 Å². The van der Waals surface area contributed by atoms with Crippen molar-refractivity contribution >= 4 is 0 Å². The number of hydrogen-bond acceptors (Lipinski definition) is 3. The van der Waals surface area contributed by atoms with Crippen molar-refractivity contribution in [2.45, 2.75) is 26.7 Å². The van der Waals surface area contributed by atoms with E-state index in [4.69, 9.17) is 11.0 Å². The summed E-state index contributed by atoms with van der Waals surface area (Å²) in [4.78, 5) is 2.43. The summed E-state index contributed by atoms with van der Waals surface area (Å²) in [7, 11) is 0. The summed E-state index contributed by atoms with van der Waals surface area (Å²) in [6, 6.07) is 2.34. The molecule has 1 heterocycles. The van der Waals surface area contributed by atoms with Crippen LogP contribution in [0.4, 0.5) is 0 Å². The Hall–Kier alpha value is -0.590. The Morgan fingerprint density at radius 2 is 2.29 bits per heavy atom. The van der Waals surface area contributed by atoms with Gasteiger partial charge in [0.25, 0.3) is 0 Å². The van der Waals surface area contributed by atoms with Crippen LogP contribution in [0.15, 0.2) is 0 Å². The SMILES string of the molecule is CC(C)(C#N)CCN1CCC(CN)C1. The van der Waals surface area contributed by atoms with E-state index < -0.39 is 0 Å². The highest BCUT2D eigenvalue weighted by atomic mass is 15.1. The van der Waals surface area contributed by atoms with Gasteiger partial charge in [0.05, 0.1) is 11.5 Å². The predicted molar refractivity (Wildman–Crippen MR) is 57.6 cm³/mol. The molecule has 0 aromatic carbocycles. The summed E-state index contributed by atoms with van der Waals surface area (Å²) in [6.07, 6.45) is 2.18. The number of nitrogens with two attached hydrogens (primary N) is 1. The van der Waals surface area contributed by atoms with Gasteiger partial charge in [-0.05, 0) is 52.2 Å². The van der Waals surface area contributed by atoms with Gasteiger partial charge in [0.1, 0.15) is 0 Å². The molecule has 3 heteroatoms. The highest BCUT2D eigenvalue weighted by molar-refractivity contribution is 4.92. The van der Waals surface area contributed by atoms with Gasteiger partial charge in [-0.3, -0.25) is 0 Å². The van der Waals surface area contributed by atoms with Crippen molar-refractivity contribution in [1.82, 2.24) is 4.90 Å². The first kappa shape index (κ1) is 11.5. The molecule has 80 valence electrons. The monoisotopic (exact) mass is 195 g/mol. The van der Waals surface area contributed by atoms with Crippen molar-refractivity contribution in [2.75, 3.05) is 26.2 Å². The van der Waals surface area contributed by atoms with Gasteiger partial charge >= 0.3 is 0 Å². The van der Waals surface area contributed by atoms with Gasteiger partial charge < -0.3 is 10.6 Å². The molecule has 1 atom stereocenters. The van der Waals surface area contributed by atoms with Crippen LogP contribution < -0.4 is 5.73 Å². The molecule has 1 aliphatic rings. The Bertz CT molecular complexity index is 217. The molecule has 0 aromatic rings. The minimum Gasteiger partial charge on any atom is -0.330 e. The van der Waals surface area contributed by atoms with Crippen molar-refractivity contribution in [3.05, 3.63) is 0 Å². The van der Waals surface area contributed by atoms with Crippen LogP contribution >= 0.6 is 0 Å². The molecule has 0 spiro atoms. The molecule has 0 saturated carbocycles. The predicted octanol–water partition coefficient (Wildman–Crippen LogP) is 1.21. The van der Waals surface area contributed by atoms with Gasteiger partial charge in [-0.25, -0.2) is 0 Å². The molecular weight excluding hydrogens is 174 g/mol. The standard InChI is InChI=1S/C11H21N3/c1-11(2,9-13)4-6-14-5-3-10(7-12)8-14/h10H,3-8,12H2,1-2H3. The summed E-state index contributed by atoms with van der Waals surface area (Å²) >= 11 is 0. The molecular formula is C11H21N3. The zero-order chi connectivity index (χ0) is 10.6. The van der Waals surface area contributed by atoms with Crippen molar-refractivity contribution in [2.24, 2.45) is 17.1 Å². The minimum absolute atomic E-state index is 0.180. The van der Waals surface area contributed by atoms with Gasteiger partial charge in [0.2, 0.25) is 0 Å². The summed E-state index contributed by atoms with van der Waals surface area (Å²) < 4.78 is 0. The Morgan fingerprint density at radius 1 is 1.57 bits per heavy atom. The highest BCUT2D eigenvalue weighted by Crippen LogP contribution is 2.21. The van der Waals surface area contributed by atoms with Crippen LogP contribution in [-0.4, -0.2) is 31.1 Å². The average molecular weight is 195 g/mol. The fourth-order valence-electron chi connectivity index (χ4n) is 1.80. The van der Waals surface area contributed by atoms with Crippen LogP contribution in [0.25, 0.3) is 0 Å². The molecule has 0 bridgehead atoms. The zero-order valence-corrected chi connectivity index (χ0v) is 9.29. The maximum absolute atomic E-state index is 8.88. The van der Waals surface area contributed by atoms with Crippen molar-refractivity contribution in [3.63, 3.8) is 0 Å². The average Bonchev–Trinajstić information content (AvgIpc) is 2.63. The van der Waals surface area contributed by atoms with Gasteiger partial charge in [0.15, 0.2) is 0 Å². The summed E-state index contributed by atoms with van der Waals surface area (Å²) in [5.74, 6) is 0.681. The van der Waals surface area contributed by atoms with Gasteiger partial charge in [0, 0.05) is 6.54 Å². The highest BCUT2D eigenvalue weighted by Gasteiger charge is 2.23. The quantitative estimate of drug-likeness (QED) is 0.733. The first-order valence-electron chi connectivity index (χ1n) is 5.41. The molecule has 0 radical (unpaired) electrons. The van der Waals surface area contributed by atoms with E-state index in [0.29, 0.717) is 5.92 Å². The lowest BCUT2D eigenvalue weighted by Gasteiger charge is -2.21. The Kier molecular flexibility index (Phi) is 3.91. The molecule has 1 fully saturated rings. The van der Waals surface area contributed by atoms with Crippen LogP contribution in [0.1, 0.15) is 26.7 Å². The molecule has 0 aliphatic carbocycles. The fraction of sp³-hybridized carbons (Fsp3) is 0.909. The number of hydrogen-bond donors (Lipinski definition) is 1. The van der Waals surface area contributed by atoms with Crippen LogP contribution in [-0.2, 0) is 0 Å². The summed E-state index contributed by atoms with van der Waals surface area (Å²) in [6.45, 7) is 8.13. The molecule has 1 aliphatic heterocycles. The zero-order valence-electron chi connectivity index (χ0n) is 9.29. The lowest BCUT2D eigenvalue weighted by Crippen LogP contribution is -2.27. The van der Waals surface area contributed by atoms with E-state index in [1.165, 1.54) is 6.42 Å². The third kappa shape index (κ3) is 3.28. The Balaban J connectivity index is 2.24. The second-order valence-electron chi connectivity index (χ2n) is 4.94. The molecule has 14 heavy (non-hydrogen) atoms. The van der Waals surface area contributed by atoms with Crippen molar-refractivity contribution in [1.29, 1.82) is 5.26 Å². The molecule has 1 unspecified atom stereocenters. The largest absolute Gasteiger partial charge is 0.330 e. The van der Waals surface area contributed by atoms with Crippen LogP contribution in [0.2, 0.25) is 0 Å². The molecule has 2 N–H and O–H groups in total. The molecule has 1 saturated heterocycles. The lowest BCUT2D eigenvalue weighted by molar-refractivity contribution is 0.280. The van der Waals surface area contributed by atoms with E-state index in [-0.39, 0.29) is 5.41 Å². The summed E-state index contributed by atoms with van der Waals surface area (Å²) in [5.41, 5.74) is 5.45. The third-order valence-electron chi connectivity index (χ3n) is 3.06. The van der Waals surface area contributed by atoms with Gasteiger partial charge in [-0.2, -0.15) is 5.26 Å². The molecule has 3 nitrogen and oxygen atoms in total. The van der Waals surface area contributed by atoms with Gasteiger partial charge in [-0.1, -0.05) is 0 Å². The second kappa shape index (κ2) is 4.77. The Morgan fingerprint density at radius 3 is 2.79 bits per heavy atom. The lowest BCUT2D eigenvalue weighted by atomic mass is 9.91. The van der Waals surface area contributed by atoms with E-state index in [1.807, 2.05) is 13.8 Å². The van der Waals surface area contributed by atoms with Crippen LogP contribution in [0, 0.1) is 22.7 Å². The minimum atomic E-state index is -0.180. The second-order valence-corrected chi connectivity index (χ2v) is 4.94. The summed E-state index contributed by atoms with van der Waals surface area (Å²) in [5, 5.41) is 8.88. The van der Waals surface area contributed by atoms with Crippen molar-refractivity contribution < 1.29 is 0 Å². The molecule has 0 aromatic heterocycles. The van der Waals surface area contributed by atoms with E-state index in [0.717, 1.165) is 32.6 Å². The number of nitrogens with zero attached hydrogens (tertiary/aromatic N) is 2. The normalized spacial score (nSPS) is 23.7. The van der Waals surface area contributed by atoms with Crippen molar-refractivity contribution in [3.8, 4) is 6.07 Å².